The minimum Gasteiger partial charge on any atom is -0.497 e. The van der Waals surface area contributed by atoms with Crippen LogP contribution in [0.2, 0.25) is 0 Å². The van der Waals surface area contributed by atoms with E-state index in [2.05, 4.69) is 15.5 Å². The van der Waals surface area contributed by atoms with Gasteiger partial charge in [-0.05, 0) is 31.0 Å². The summed E-state index contributed by atoms with van der Waals surface area (Å²) in [6.07, 6.45) is 1.01. The number of aliphatic hydroxyl groups is 1. The maximum Gasteiger partial charge on any atom is 0.257 e. The number of carbonyl (C=O) groups excluding carboxylic acids is 1. The first-order valence-electron chi connectivity index (χ1n) is 5.68. The van der Waals surface area contributed by atoms with Crippen molar-refractivity contribution < 1.29 is 14.6 Å². The highest BCUT2D eigenvalue weighted by molar-refractivity contribution is 6.04. The van der Waals surface area contributed by atoms with Gasteiger partial charge in [-0.25, -0.2) is 0 Å². The van der Waals surface area contributed by atoms with Crippen LogP contribution in [0.25, 0.3) is 10.9 Å². The molecule has 1 heterocycles. The lowest BCUT2D eigenvalue weighted by atomic mass is 10.2. The van der Waals surface area contributed by atoms with Crippen molar-refractivity contribution in [3.63, 3.8) is 0 Å². The monoisotopic (exact) mass is 247 g/mol. The van der Waals surface area contributed by atoms with Gasteiger partial charge in [0.1, 0.15) is 11.4 Å². The van der Waals surface area contributed by atoms with Crippen LogP contribution in [-0.2, 0) is 4.79 Å². The standard InChI is InChI=1S/C12H13N3O3/c1-18-7-2-3-9-8(6-7)10(15-14-9)13-11(16)12(17)4-5-12/h2-3,6,17H,4-5H2,1H3,(H2,13,14,15,16). The Hall–Kier alpha value is -2.08. The zero-order valence-corrected chi connectivity index (χ0v) is 9.86. The largest absolute Gasteiger partial charge is 0.497 e. The van der Waals surface area contributed by atoms with E-state index in [1.54, 1.807) is 19.2 Å². The average Bonchev–Trinajstić information content (AvgIpc) is 3.01. The first-order chi connectivity index (χ1) is 8.62. The number of methoxy groups -OCH3 is 1. The number of benzene rings is 1. The van der Waals surface area contributed by atoms with E-state index in [-0.39, 0.29) is 0 Å². The molecule has 1 aliphatic rings. The molecule has 1 saturated carbocycles. The summed E-state index contributed by atoms with van der Waals surface area (Å²) in [5.41, 5.74) is -0.404. The van der Waals surface area contributed by atoms with E-state index < -0.39 is 11.5 Å². The SMILES string of the molecule is COc1ccc2[nH]nc(NC(=O)C3(O)CC3)c2c1. The second-order valence-corrected chi connectivity index (χ2v) is 4.47. The minimum atomic E-state index is -1.20. The van der Waals surface area contributed by atoms with Crippen LogP contribution in [0.1, 0.15) is 12.8 Å². The molecule has 0 spiro atoms. The molecule has 1 aromatic heterocycles. The van der Waals surface area contributed by atoms with E-state index in [1.807, 2.05) is 6.07 Å². The molecule has 1 aromatic carbocycles. The van der Waals surface area contributed by atoms with Gasteiger partial charge in [0.05, 0.1) is 12.6 Å². The number of nitrogens with one attached hydrogen (secondary N) is 2. The van der Waals surface area contributed by atoms with Crippen molar-refractivity contribution >= 4 is 22.6 Å². The van der Waals surface area contributed by atoms with Crippen LogP contribution in [0.4, 0.5) is 5.82 Å². The molecule has 94 valence electrons. The molecule has 3 N–H and O–H groups in total. The summed E-state index contributed by atoms with van der Waals surface area (Å²) in [6, 6.07) is 5.41. The molecule has 3 rings (SSSR count). The molecule has 6 nitrogen and oxygen atoms in total. The number of H-pyrrole nitrogens is 1. The smallest absolute Gasteiger partial charge is 0.257 e. The number of hydrogen-bond donors (Lipinski definition) is 3. The van der Waals surface area contributed by atoms with E-state index in [0.717, 1.165) is 10.9 Å². The Bertz CT molecular complexity index is 616. The van der Waals surface area contributed by atoms with E-state index >= 15 is 0 Å². The van der Waals surface area contributed by atoms with Gasteiger partial charge in [-0.15, -0.1) is 0 Å². The van der Waals surface area contributed by atoms with Crippen LogP contribution in [0, 0.1) is 0 Å². The van der Waals surface area contributed by atoms with Crippen molar-refractivity contribution in [3.05, 3.63) is 18.2 Å². The van der Waals surface area contributed by atoms with E-state index in [9.17, 15) is 9.90 Å². The number of anilines is 1. The lowest BCUT2D eigenvalue weighted by Gasteiger charge is -2.07. The number of amides is 1. The molecule has 1 aliphatic carbocycles. The zero-order valence-electron chi connectivity index (χ0n) is 9.86. The molecule has 0 bridgehead atoms. The fourth-order valence-corrected chi connectivity index (χ4v) is 1.78. The van der Waals surface area contributed by atoms with Gasteiger partial charge in [-0.3, -0.25) is 9.89 Å². The van der Waals surface area contributed by atoms with Crippen LogP contribution < -0.4 is 10.1 Å². The van der Waals surface area contributed by atoms with Gasteiger partial charge in [0.15, 0.2) is 5.82 Å². The molecule has 18 heavy (non-hydrogen) atoms. The Kier molecular flexibility index (Phi) is 2.27. The highest BCUT2D eigenvalue weighted by Crippen LogP contribution is 2.36. The second-order valence-electron chi connectivity index (χ2n) is 4.47. The molecule has 0 atom stereocenters. The summed E-state index contributed by atoms with van der Waals surface area (Å²) in [7, 11) is 1.58. The van der Waals surface area contributed by atoms with E-state index in [1.165, 1.54) is 0 Å². The topological polar surface area (TPSA) is 87.2 Å². The molecule has 1 fully saturated rings. The van der Waals surface area contributed by atoms with Gasteiger partial charge >= 0.3 is 0 Å². The summed E-state index contributed by atoms with van der Waals surface area (Å²) in [5, 5.41) is 19.9. The van der Waals surface area contributed by atoms with Gasteiger partial charge in [-0.1, -0.05) is 0 Å². The summed E-state index contributed by atoms with van der Waals surface area (Å²) >= 11 is 0. The molecule has 0 saturated heterocycles. The van der Waals surface area contributed by atoms with Crippen LogP contribution >= 0.6 is 0 Å². The average molecular weight is 247 g/mol. The molecule has 1 amide bonds. The number of aromatic nitrogens is 2. The number of aromatic amines is 1. The molecule has 0 unspecified atom stereocenters. The summed E-state index contributed by atoms with van der Waals surface area (Å²) < 4.78 is 5.13. The maximum absolute atomic E-state index is 11.7. The fourth-order valence-electron chi connectivity index (χ4n) is 1.78. The van der Waals surface area contributed by atoms with Gasteiger partial charge in [0.2, 0.25) is 0 Å². The number of nitrogens with zero attached hydrogens (tertiary/aromatic N) is 1. The van der Waals surface area contributed by atoms with Crippen molar-refractivity contribution in [2.24, 2.45) is 0 Å². The number of carbonyl (C=O) groups is 1. The summed E-state index contributed by atoms with van der Waals surface area (Å²) in [4.78, 5) is 11.7. The van der Waals surface area contributed by atoms with Crippen molar-refractivity contribution in [1.29, 1.82) is 0 Å². The van der Waals surface area contributed by atoms with Crippen molar-refractivity contribution in [1.82, 2.24) is 10.2 Å². The third-order valence-electron chi connectivity index (χ3n) is 3.15. The highest BCUT2D eigenvalue weighted by atomic mass is 16.5. The molecule has 2 aromatic rings. The first kappa shape index (κ1) is 11.0. The molecular weight excluding hydrogens is 234 g/mol. The number of rotatable bonds is 3. The van der Waals surface area contributed by atoms with E-state index in [0.29, 0.717) is 24.4 Å². The van der Waals surface area contributed by atoms with Crippen molar-refractivity contribution in [2.75, 3.05) is 12.4 Å². The van der Waals surface area contributed by atoms with Gasteiger partial charge in [-0.2, -0.15) is 5.10 Å². The van der Waals surface area contributed by atoms with Crippen LogP contribution in [-0.4, -0.2) is 33.9 Å². The molecule has 6 heteroatoms. The minimum absolute atomic E-state index is 0.404. The molecular formula is C12H13N3O3. The van der Waals surface area contributed by atoms with Gasteiger partial charge in [0.25, 0.3) is 5.91 Å². The van der Waals surface area contributed by atoms with E-state index in [4.69, 9.17) is 4.74 Å². The summed E-state index contributed by atoms with van der Waals surface area (Å²) in [5.74, 6) is 0.692. The lowest BCUT2D eigenvalue weighted by molar-refractivity contribution is -0.125. The van der Waals surface area contributed by atoms with Crippen molar-refractivity contribution in [3.8, 4) is 5.75 Å². The van der Waals surface area contributed by atoms with Gasteiger partial charge in [0, 0.05) is 5.39 Å². The Morgan fingerprint density at radius 1 is 1.56 bits per heavy atom. The fraction of sp³-hybridized carbons (Fsp3) is 0.333. The van der Waals surface area contributed by atoms with Gasteiger partial charge < -0.3 is 15.2 Å². The Morgan fingerprint density at radius 3 is 3.00 bits per heavy atom. The number of ether oxygens (including phenoxy) is 1. The van der Waals surface area contributed by atoms with Crippen molar-refractivity contribution in [2.45, 2.75) is 18.4 Å². The number of fused-ring (bicyclic) bond motifs is 1. The molecule has 0 aliphatic heterocycles. The molecule has 0 radical (unpaired) electrons. The Labute approximate surface area is 103 Å². The third kappa shape index (κ3) is 1.70. The predicted octanol–water partition coefficient (Wildman–Crippen LogP) is 1.03. The Morgan fingerprint density at radius 2 is 2.33 bits per heavy atom. The summed E-state index contributed by atoms with van der Waals surface area (Å²) in [6.45, 7) is 0. The zero-order chi connectivity index (χ0) is 12.8. The third-order valence-corrected chi connectivity index (χ3v) is 3.15. The first-order valence-corrected chi connectivity index (χ1v) is 5.68. The number of hydrogen-bond acceptors (Lipinski definition) is 4. The van der Waals surface area contributed by atoms with Crippen LogP contribution in [0.5, 0.6) is 5.75 Å². The van der Waals surface area contributed by atoms with Crippen LogP contribution in [0.3, 0.4) is 0 Å². The van der Waals surface area contributed by atoms with Crippen LogP contribution in [0.15, 0.2) is 18.2 Å². The quantitative estimate of drug-likeness (QED) is 0.756. The maximum atomic E-state index is 11.7. The highest BCUT2D eigenvalue weighted by Gasteiger charge is 2.48. The Balaban J connectivity index is 1.94. The second kappa shape index (κ2) is 3.71. The predicted molar refractivity (Wildman–Crippen MR) is 65.5 cm³/mol. The normalized spacial score (nSPS) is 16.6. The lowest BCUT2D eigenvalue weighted by Crippen LogP contribution is -2.29.